The number of hydrogen-bond donors (Lipinski definition) is 2. The molecule has 0 aliphatic carbocycles. The van der Waals surface area contributed by atoms with E-state index in [0.29, 0.717) is 13.0 Å². The van der Waals surface area contributed by atoms with Gasteiger partial charge in [-0.1, -0.05) is 0 Å². The Kier molecular flexibility index (Phi) is 1.19. The zero-order valence-electron chi connectivity index (χ0n) is 4.26. The van der Waals surface area contributed by atoms with Crippen LogP contribution in [0, 0.1) is 5.21 Å². The van der Waals surface area contributed by atoms with E-state index in [1.165, 1.54) is 0 Å². The van der Waals surface area contributed by atoms with Crippen LogP contribution in [0.3, 0.4) is 0 Å². The highest BCUT2D eigenvalue weighted by molar-refractivity contribution is 5.72. The highest BCUT2D eigenvalue weighted by atomic mass is 16.5. The fourth-order valence-electron chi connectivity index (χ4n) is 0.668. The van der Waals surface area contributed by atoms with Crippen molar-refractivity contribution in [3.8, 4) is 0 Å². The van der Waals surface area contributed by atoms with Crippen LogP contribution >= 0.6 is 0 Å². The summed E-state index contributed by atoms with van der Waals surface area (Å²) in [4.78, 5) is 9.97. The summed E-state index contributed by atoms with van der Waals surface area (Å²) >= 11 is 0. The second kappa shape index (κ2) is 1.72. The third kappa shape index (κ3) is 0.677. The predicted molar refractivity (Wildman–Crippen MR) is 25.2 cm³/mol. The van der Waals surface area contributed by atoms with Crippen LogP contribution in [-0.2, 0) is 4.79 Å². The maximum atomic E-state index is 10.3. The maximum absolute atomic E-state index is 10.3. The minimum atomic E-state index is -0.971. The Bertz CT molecular complexity index is 114. The molecule has 0 aromatic heterocycles. The van der Waals surface area contributed by atoms with Crippen LogP contribution < -0.4 is 5.06 Å². The lowest BCUT2D eigenvalue weighted by atomic mass is 10.1. The van der Waals surface area contributed by atoms with Crippen LogP contribution in [0.1, 0.15) is 6.42 Å². The first-order valence-corrected chi connectivity index (χ1v) is 2.47. The average molecular weight is 117 g/mol. The van der Waals surface area contributed by atoms with E-state index in [4.69, 9.17) is 5.11 Å². The first-order chi connectivity index (χ1) is 3.72. The Morgan fingerprint density at radius 2 is 2.50 bits per heavy atom. The van der Waals surface area contributed by atoms with E-state index in [0.717, 1.165) is 0 Å². The zero-order valence-corrected chi connectivity index (χ0v) is 4.26. The number of hydrogen-bond acceptors (Lipinski definition) is 2. The van der Waals surface area contributed by atoms with Crippen molar-refractivity contribution in [2.75, 3.05) is 6.54 Å². The summed E-state index contributed by atoms with van der Waals surface area (Å²) in [6, 6.07) is -0.671. The molecule has 0 aromatic rings. The van der Waals surface area contributed by atoms with Gasteiger partial charge in [0.25, 0.3) is 0 Å². The quantitative estimate of drug-likeness (QED) is 0.399. The van der Waals surface area contributed by atoms with E-state index in [1.807, 2.05) is 0 Å². The SMILES string of the molecule is O=C(O)C1CC[NH+]1[O-]. The minimum absolute atomic E-state index is 0.127. The smallest absolute Gasteiger partial charge is 0.363 e. The van der Waals surface area contributed by atoms with Crippen molar-refractivity contribution < 1.29 is 15.0 Å². The molecular formula is C4H7NO3. The molecule has 4 nitrogen and oxygen atoms in total. The number of quaternary nitrogens is 1. The second-order valence-electron chi connectivity index (χ2n) is 1.90. The van der Waals surface area contributed by atoms with Crippen LogP contribution in [0.4, 0.5) is 0 Å². The van der Waals surface area contributed by atoms with Gasteiger partial charge in [0.2, 0.25) is 0 Å². The van der Waals surface area contributed by atoms with Crippen molar-refractivity contribution in [3.63, 3.8) is 0 Å². The van der Waals surface area contributed by atoms with Crippen LogP contribution in [0.15, 0.2) is 0 Å². The number of rotatable bonds is 1. The monoisotopic (exact) mass is 117 g/mol. The van der Waals surface area contributed by atoms with E-state index in [2.05, 4.69) is 0 Å². The van der Waals surface area contributed by atoms with E-state index < -0.39 is 12.0 Å². The number of carboxylic acid groups (broad SMARTS) is 1. The number of hydroxylamine groups is 2. The molecule has 1 saturated heterocycles. The molecule has 2 unspecified atom stereocenters. The van der Waals surface area contributed by atoms with Crippen LogP contribution in [0.2, 0.25) is 0 Å². The molecule has 0 saturated carbocycles. The van der Waals surface area contributed by atoms with Gasteiger partial charge in [0.1, 0.15) is 0 Å². The van der Waals surface area contributed by atoms with Gasteiger partial charge in [-0.2, -0.15) is 0 Å². The molecular weight excluding hydrogens is 110 g/mol. The number of nitrogens with one attached hydrogen (secondary N) is 1. The largest absolute Gasteiger partial charge is 0.634 e. The molecule has 1 rings (SSSR count). The Morgan fingerprint density at radius 1 is 1.88 bits per heavy atom. The highest BCUT2D eigenvalue weighted by Crippen LogP contribution is 1.92. The normalized spacial score (nSPS) is 36.1. The van der Waals surface area contributed by atoms with Crippen LogP contribution in [-0.4, -0.2) is 23.7 Å². The lowest BCUT2D eigenvalue weighted by Gasteiger charge is -2.36. The number of carbonyl (C=O) groups is 1. The summed E-state index contributed by atoms with van der Waals surface area (Å²) in [5.41, 5.74) is 0. The molecule has 2 N–H and O–H groups in total. The zero-order chi connectivity index (χ0) is 6.15. The van der Waals surface area contributed by atoms with Gasteiger partial charge < -0.3 is 15.4 Å². The third-order valence-electron chi connectivity index (χ3n) is 1.37. The summed E-state index contributed by atoms with van der Waals surface area (Å²) in [5.74, 6) is -0.971. The summed E-state index contributed by atoms with van der Waals surface area (Å²) < 4.78 is 0. The summed E-state index contributed by atoms with van der Waals surface area (Å²) in [6.07, 6.45) is 0.536. The second-order valence-corrected chi connectivity index (χ2v) is 1.90. The molecule has 8 heavy (non-hydrogen) atoms. The predicted octanol–water partition coefficient (Wildman–Crippen LogP) is -1.77. The summed E-state index contributed by atoms with van der Waals surface area (Å²) in [6.45, 7) is 0.455. The van der Waals surface area contributed by atoms with Gasteiger partial charge in [-0.05, 0) is 0 Å². The minimum Gasteiger partial charge on any atom is -0.634 e. The van der Waals surface area contributed by atoms with Crippen molar-refractivity contribution in [3.05, 3.63) is 5.21 Å². The van der Waals surface area contributed by atoms with Crippen molar-refractivity contribution in [1.29, 1.82) is 0 Å². The van der Waals surface area contributed by atoms with Crippen molar-refractivity contribution in [1.82, 2.24) is 0 Å². The molecule has 1 heterocycles. The fourth-order valence-corrected chi connectivity index (χ4v) is 0.668. The molecule has 0 aromatic carbocycles. The van der Waals surface area contributed by atoms with E-state index >= 15 is 0 Å². The van der Waals surface area contributed by atoms with E-state index in [1.54, 1.807) is 0 Å². The number of carboxylic acids is 1. The molecule has 0 amide bonds. The molecule has 4 heteroatoms. The fraction of sp³-hybridized carbons (Fsp3) is 0.750. The lowest BCUT2D eigenvalue weighted by molar-refractivity contribution is -0.909. The molecule has 1 aliphatic rings. The van der Waals surface area contributed by atoms with Gasteiger partial charge >= 0.3 is 5.97 Å². The lowest BCUT2D eigenvalue weighted by Crippen LogP contribution is -3.19. The Hall–Kier alpha value is -0.610. The van der Waals surface area contributed by atoms with Gasteiger partial charge in [-0.15, -0.1) is 0 Å². The number of aliphatic carboxylic acids is 1. The molecule has 1 aliphatic heterocycles. The van der Waals surface area contributed by atoms with Gasteiger partial charge in [-0.3, -0.25) is 0 Å². The highest BCUT2D eigenvalue weighted by Gasteiger charge is 2.32. The van der Waals surface area contributed by atoms with E-state index in [-0.39, 0.29) is 5.06 Å². The Labute approximate surface area is 46.3 Å². The molecule has 46 valence electrons. The van der Waals surface area contributed by atoms with Gasteiger partial charge in [-0.25, -0.2) is 4.79 Å². The summed E-state index contributed by atoms with van der Waals surface area (Å²) in [7, 11) is 0. The van der Waals surface area contributed by atoms with Crippen LogP contribution in [0.25, 0.3) is 0 Å². The van der Waals surface area contributed by atoms with E-state index in [9.17, 15) is 10.0 Å². The first kappa shape index (κ1) is 5.53. The molecule has 2 atom stereocenters. The van der Waals surface area contributed by atoms with Gasteiger partial charge in [0, 0.05) is 0 Å². The molecule has 0 spiro atoms. The topological polar surface area (TPSA) is 64.8 Å². The van der Waals surface area contributed by atoms with Crippen molar-refractivity contribution in [2.45, 2.75) is 12.5 Å². The first-order valence-electron chi connectivity index (χ1n) is 2.47. The summed E-state index contributed by atoms with van der Waals surface area (Å²) in [5, 5.41) is 18.3. The van der Waals surface area contributed by atoms with Crippen LogP contribution in [0.5, 0.6) is 0 Å². The van der Waals surface area contributed by atoms with Crippen molar-refractivity contribution >= 4 is 5.97 Å². The Morgan fingerprint density at radius 3 is 2.50 bits per heavy atom. The molecule has 1 fully saturated rings. The van der Waals surface area contributed by atoms with Gasteiger partial charge in [0.05, 0.1) is 13.0 Å². The average Bonchev–Trinajstić information content (AvgIpc) is 1.61. The third-order valence-corrected chi connectivity index (χ3v) is 1.37. The van der Waals surface area contributed by atoms with Crippen molar-refractivity contribution in [2.24, 2.45) is 0 Å². The maximum Gasteiger partial charge on any atom is 0.363 e. The molecule has 0 bridgehead atoms. The van der Waals surface area contributed by atoms with Gasteiger partial charge in [0.15, 0.2) is 6.04 Å². The standard InChI is InChI=1S/C4H7NO3/c6-4(7)3-1-2-5(3)8/h3,5H,1-2H2,(H,6,7). The molecule has 0 radical (unpaired) electrons. The Balaban J connectivity index is 2.37.